The van der Waals surface area contributed by atoms with E-state index in [1.165, 1.54) is 5.56 Å². The third kappa shape index (κ3) is 1.94. The highest BCUT2D eigenvalue weighted by molar-refractivity contribution is 5.95. The Balaban J connectivity index is 1.75. The molecule has 1 spiro atoms. The zero-order valence-electron chi connectivity index (χ0n) is 14.4. The first-order chi connectivity index (χ1) is 12.1. The summed E-state index contributed by atoms with van der Waals surface area (Å²) < 4.78 is 2.03. The van der Waals surface area contributed by atoms with Crippen LogP contribution in [0.25, 0.3) is 16.9 Å². The van der Waals surface area contributed by atoms with Gasteiger partial charge in [-0.1, -0.05) is 18.2 Å². The summed E-state index contributed by atoms with van der Waals surface area (Å²) in [7, 11) is 1.93. The van der Waals surface area contributed by atoms with E-state index in [9.17, 15) is 4.79 Å². The van der Waals surface area contributed by atoms with E-state index in [1.807, 2.05) is 48.0 Å². The van der Waals surface area contributed by atoms with Gasteiger partial charge < -0.3 is 9.47 Å². The second-order valence-corrected chi connectivity index (χ2v) is 7.11. The van der Waals surface area contributed by atoms with Gasteiger partial charge >= 0.3 is 0 Å². The molecule has 124 valence electrons. The van der Waals surface area contributed by atoms with Crippen molar-refractivity contribution in [3.05, 3.63) is 71.7 Å². The third-order valence-electron chi connectivity index (χ3n) is 5.60. The van der Waals surface area contributed by atoms with Crippen molar-refractivity contribution in [1.29, 1.82) is 0 Å². The average Bonchev–Trinajstić information content (AvgIpc) is 3.30. The van der Waals surface area contributed by atoms with Crippen LogP contribution in [0.5, 0.6) is 0 Å². The van der Waals surface area contributed by atoms with Crippen LogP contribution in [0.4, 0.5) is 0 Å². The number of pyridine rings is 1. The number of hydrogen-bond donors (Lipinski definition) is 0. The van der Waals surface area contributed by atoms with E-state index in [4.69, 9.17) is 0 Å². The molecule has 2 aromatic heterocycles. The van der Waals surface area contributed by atoms with Crippen molar-refractivity contribution >= 4 is 5.91 Å². The van der Waals surface area contributed by atoms with Gasteiger partial charge in [-0.25, -0.2) is 0 Å². The van der Waals surface area contributed by atoms with Gasteiger partial charge in [-0.3, -0.25) is 9.78 Å². The smallest absolute Gasteiger partial charge is 0.271 e. The number of aryl methyl sites for hydroxylation is 1. The number of benzene rings is 1. The molecule has 4 heteroatoms. The van der Waals surface area contributed by atoms with Crippen LogP contribution < -0.4 is 0 Å². The van der Waals surface area contributed by atoms with Crippen molar-refractivity contribution in [3.8, 4) is 16.9 Å². The number of amides is 1. The highest BCUT2D eigenvalue weighted by atomic mass is 16.2. The Morgan fingerprint density at radius 3 is 2.68 bits per heavy atom. The van der Waals surface area contributed by atoms with Crippen molar-refractivity contribution in [2.45, 2.75) is 25.3 Å². The minimum absolute atomic E-state index is 0.0914. The summed E-state index contributed by atoms with van der Waals surface area (Å²) >= 11 is 0. The number of rotatable bonds is 1. The first-order valence-corrected chi connectivity index (χ1v) is 8.64. The summed E-state index contributed by atoms with van der Waals surface area (Å²) in [6.07, 6.45) is 5.92. The van der Waals surface area contributed by atoms with Gasteiger partial charge in [0.1, 0.15) is 5.69 Å². The maximum absolute atomic E-state index is 12.9. The highest BCUT2D eigenvalue weighted by Crippen LogP contribution is 2.54. The molecule has 0 radical (unpaired) electrons. The van der Waals surface area contributed by atoms with Gasteiger partial charge in [0.05, 0.1) is 16.9 Å². The zero-order chi connectivity index (χ0) is 17.2. The second kappa shape index (κ2) is 4.82. The van der Waals surface area contributed by atoms with Gasteiger partial charge in [0.2, 0.25) is 0 Å². The lowest BCUT2D eigenvalue weighted by Crippen LogP contribution is -2.36. The summed E-state index contributed by atoms with van der Waals surface area (Å²) in [5, 5.41) is 0. The van der Waals surface area contributed by atoms with Gasteiger partial charge in [-0.15, -0.1) is 0 Å². The summed E-state index contributed by atoms with van der Waals surface area (Å²) in [5.41, 5.74) is 6.08. The monoisotopic (exact) mass is 329 g/mol. The maximum Gasteiger partial charge on any atom is 0.271 e. The Labute approximate surface area is 146 Å². The SMILES string of the molecule is Cc1ccc(-c2ccc3c(c2)-n2cccc2C(=O)N(C)C32CC2)nc1. The first-order valence-electron chi connectivity index (χ1n) is 8.64. The lowest BCUT2D eigenvalue weighted by Gasteiger charge is -2.27. The third-order valence-corrected chi connectivity index (χ3v) is 5.60. The van der Waals surface area contributed by atoms with Crippen molar-refractivity contribution in [2.75, 3.05) is 7.05 Å². The number of aromatic nitrogens is 2. The Morgan fingerprint density at radius 1 is 1.12 bits per heavy atom. The van der Waals surface area contributed by atoms with Crippen molar-refractivity contribution in [3.63, 3.8) is 0 Å². The quantitative estimate of drug-likeness (QED) is 0.678. The van der Waals surface area contributed by atoms with Gasteiger partial charge in [0, 0.05) is 30.6 Å². The van der Waals surface area contributed by atoms with E-state index in [1.54, 1.807) is 0 Å². The molecule has 0 atom stereocenters. The normalized spacial score (nSPS) is 17.2. The molecular weight excluding hydrogens is 310 g/mol. The number of nitrogens with zero attached hydrogens (tertiary/aromatic N) is 3. The lowest BCUT2D eigenvalue weighted by molar-refractivity contribution is 0.0705. The molecule has 1 saturated carbocycles. The first kappa shape index (κ1) is 14.5. The average molecular weight is 329 g/mol. The zero-order valence-corrected chi connectivity index (χ0v) is 14.4. The molecule has 1 amide bonds. The molecule has 1 fully saturated rings. The Kier molecular flexibility index (Phi) is 2.79. The van der Waals surface area contributed by atoms with E-state index in [-0.39, 0.29) is 11.4 Å². The van der Waals surface area contributed by atoms with E-state index in [0.717, 1.165) is 41.0 Å². The van der Waals surface area contributed by atoms with Crippen LogP contribution in [-0.2, 0) is 5.54 Å². The minimum Gasteiger partial charge on any atom is -0.331 e. The van der Waals surface area contributed by atoms with Crippen LogP contribution >= 0.6 is 0 Å². The van der Waals surface area contributed by atoms with Crippen LogP contribution in [0.1, 0.15) is 34.5 Å². The van der Waals surface area contributed by atoms with Crippen molar-refractivity contribution < 1.29 is 4.79 Å². The number of carbonyl (C=O) groups is 1. The molecule has 1 aliphatic carbocycles. The molecule has 0 N–H and O–H groups in total. The maximum atomic E-state index is 12.9. The van der Waals surface area contributed by atoms with E-state index >= 15 is 0 Å². The molecule has 5 rings (SSSR count). The number of carbonyl (C=O) groups excluding carboxylic acids is 1. The predicted octanol–water partition coefficient (Wildman–Crippen LogP) is 3.92. The van der Waals surface area contributed by atoms with Crippen LogP contribution in [0.15, 0.2) is 54.9 Å². The standard InChI is InChI=1S/C21H19N3O/c1-14-5-8-17(22-13-14)15-6-7-16-19(12-15)24-11-3-4-18(24)20(25)23(2)21(16)9-10-21/h3-8,11-13H,9-10H2,1-2H3. The Hall–Kier alpha value is -2.88. The highest BCUT2D eigenvalue weighted by Gasteiger charge is 2.53. The van der Waals surface area contributed by atoms with E-state index < -0.39 is 0 Å². The molecule has 0 saturated heterocycles. The second-order valence-electron chi connectivity index (χ2n) is 7.11. The lowest BCUT2D eigenvalue weighted by atomic mass is 9.98. The fourth-order valence-electron chi connectivity index (χ4n) is 3.96. The van der Waals surface area contributed by atoms with Crippen LogP contribution in [-0.4, -0.2) is 27.4 Å². The summed E-state index contributed by atoms with van der Waals surface area (Å²) in [6, 6.07) is 14.4. The van der Waals surface area contributed by atoms with Crippen molar-refractivity contribution in [2.24, 2.45) is 0 Å². The summed E-state index contributed by atoms with van der Waals surface area (Å²) in [4.78, 5) is 19.4. The molecule has 0 bridgehead atoms. The van der Waals surface area contributed by atoms with Crippen LogP contribution in [0, 0.1) is 6.92 Å². The molecule has 3 heterocycles. The minimum atomic E-state index is -0.148. The van der Waals surface area contributed by atoms with Gasteiger partial charge in [0.15, 0.2) is 0 Å². The summed E-state index contributed by atoms with van der Waals surface area (Å²) in [5.74, 6) is 0.0914. The van der Waals surface area contributed by atoms with Gasteiger partial charge in [-0.2, -0.15) is 0 Å². The Morgan fingerprint density at radius 2 is 1.96 bits per heavy atom. The number of fused-ring (bicyclic) bond motifs is 4. The largest absolute Gasteiger partial charge is 0.331 e. The van der Waals surface area contributed by atoms with E-state index in [2.05, 4.69) is 35.3 Å². The molecular formula is C21H19N3O. The van der Waals surface area contributed by atoms with Crippen molar-refractivity contribution in [1.82, 2.24) is 14.5 Å². The molecule has 1 aliphatic heterocycles. The molecule has 0 unspecified atom stereocenters. The molecule has 4 nitrogen and oxygen atoms in total. The topological polar surface area (TPSA) is 38.1 Å². The van der Waals surface area contributed by atoms with Gasteiger partial charge in [-0.05, 0) is 49.6 Å². The summed E-state index contributed by atoms with van der Waals surface area (Å²) in [6.45, 7) is 2.04. The fraction of sp³-hybridized carbons (Fsp3) is 0.238. The molecule has 25 heavy (non-hydrogen) atoms. The Bertz CT molecular complexity index is 996. The molecule has 2 aliphatic rings. The fourth-order valence-corrected chi connectivity index (χ4v) is 3.96. The van der Waals surface area contributed by atoms with Gasteiger partial charge in [0.25, 0.3) is 5.91 Å². The molecule has 1 aromatic carbocycles. The van der Waals surface area contributed by atoms with E-state index in [0.29, 0.717) is 0 Å². The van der Waals surface area contributed by atoms with Crippen LogP contribution in [0.2, 0.25) is 0 Å². The predicted molar refractivity (Wildman–Crippen MR) is 96.7 cm³/mol. The molecule has 3 aromatic rings. The number of hydrogen-bond acceptors (Lipinski definition) is 2. The van der Waals surface area contributed by atoms with Crippen LogP contribution in [0.3, 0.4) is 0 Å².